The van der Waals surface area contributed by atoms with Crippen molar-refractivity contribution in [2.75, 3.05) is 7.05 Å². The highest BCUT2D eigenvalue weighted by molar-refractivity contribution is 9.10. The van der Waals surface area contributed by atoms with Crippen molar-refractivity contribution in [1.29, 1.82) is 0 Å². The van der Waals surface area contributed by atoms with Crippen LogP contribution in [0.15, 0.2) is 39.3 Å². The molecule has 2 aromatic carbocycles. The van der Waals surface area contributed by atoms with Crippen LogP contribution in [0, 0.1) is 11.6 Å². The lowest BCUT2D eigenvalue weighted by Crippen LogP contribution is -2.21. The van der Waals surface area contributed by atoms with E-state index < -0.39 is 17.7 Å². The summed E-state index contributed by atoms with van der Waals surface area (Å²) < 4.78 is 29.2. The van der Waals surface area contributed by atoms with Crippen molar-refractivity contribution in [3.8, 4) is 0 Å². The zero-order valence-corrected chi connectivity index (χ0v) is 14.3. The van der Waals surface area contributed by atoms with E-state index in [-0.39, 0.29) is 10.0 Å². The molecular weight excluding hydrogens is 415 g/mol. The normalized spacial score (nSPS) is 12.5. The molecule has 1 N–H and O–H groups in total. The molecule has 0 heterocycles. The second-order valence-corrected chi connectivity index (χ2v) is 6.29. The largest absolute Gasteiger partial charge is 0.309 e. The van der Waals surface area contributed by atoms with E-state index in [0.29, 0.717) is 10.6 Å². The van der Waals surface area contributed by atoms with E-state index in [1.807, 2.05) is 0 Å². The third-order valence-corrected chi connectivity index (χ3v) is 4.50. The Balaban J connectivity index is 2.64. The van der Waals surface area contributed by atoms with Crippen LogP contribution in [0.1, 0.15) is 17.2 Å². The van der Waals surface area contributed by atoms with Gasteiger partial charge in [0.2, 0.25) is 0 Å². The summed E-state index contributed by atoms with van der Waals surface area (Å²) >= 11 is 12.4. The summed E-state index contributed by atoms with van der Waals surface area (Å²) in [5.41, 5.74) is 0.612. The minimum Gasteiger partial charge on any atom is -0.309 e. The zero-order chi connectivity index (χ0) is 14.9. The Labute approximate surface area is 137 Å². The van der Waals surface area contributed by atoms with E-state index in [9.17, 15) is 8.78 Å². The van der Waals surface area contributed by atoms with Crippen LogP contribution >= 0.6 is 43.5 Å². The fourth-order valence-electron chi connectivity index (χ4n) is 2.00. The molecular formula is C14H10Br2ClF2N. The lowest BCUT2D eigenvalue weighted by molar-refractivity contribution is 0.518. The summed E-state index contributed by atoms with van der Waals surface area (Å²) in [6.45, 7) is 0. The van der Waals surface area contributed by atoms with E-state index in [2.05, 4.69) is 37.2 Å². The third-order valence-electron chi connectivity index (χ3n) is 2.93. The van der Waals surface area contributed by atoms with Crippen LogP contribution in [0.25, 0.3) is 0 Å². The van der Waals surface area contributed by atoms with E-state index in [1.165, 1.54) is 12.1 Å². The molecule has 6 heteroatoms. The smallest absolute Gasteiger partial charge is 0.145 e. The van der Waals surface area contributed by atoms with Gasteiger partial charge in [0.1, 0.15) is 11.6 Å². The average Bonchev–Trinajstić information content (AvgIpc) is 2.42. The SMILES string of the molecule is CNC(c1cc(Cl)ccc1Br)c1c(F)ccc(Br)c1F. The third kappa shape index (κ3) is 3.06. The predicted octanol–water partition coefficient (Wildman–Crippen LogP) is 5.45. The van der Waals surface area contributed by atoms with Gasteiger partial charge in [-0.1, -0.05) is 27.5 Å². The van der Waals surface area contributed by atoms with Crippen molar-refractivity contribution < 1.29 is 8.78 Å². The minimum atomic E-state index is -0.652. The molecule has 2 aromatic rings. The van der Waals surface area contributed by atoms with Gasteiger partial charge in [0.25, 0.3) is 0 Å². The molecule has 0 saturated carbocycles. The topological polar surface area (TPSA) is 12.0 Å². The van der Waals surface area contributed by atoms with E-state index in [4.69, 9.17) is 11.6 Å². The summed E-state index contributed by atoms with van der Waals surface area (Å²) in [7, 11) is 1.64. The maximum atomic E-state index is 14.2. The van der Waals surface area contributed by atoms with Gasteiger partial charge in [0.05, 0.1) is 10.5 Å². The molecule has 1 nitrogen and oxygen atoms in total. The van der Waals surface area contributed by atoms with Crippen molar-refractivity contribution in [1.82, 2.24) is 5.32 Å². The number of hydrogen-bond donors (Lipinski definition) is 1. The first-order valence-corrected chi connectivity index (χ1v) is 7.67. The van der Waals surface area contributed by atoms with Crippen LogP contribution in [-0.2, 0) is 0 Å². The quantitative estimate of drug-likeness (QED) is 0.645. The first-order valence-electron chi connectivity index (χ1n) is 5.71. The molecule has 2 rings (SSSR count). The molecule has 0 saturated heterocycles. The lowest BCUT2D eigenvalue weighted by Gasteiger charge is -2.20. The molecule has 1 atom stereocenters. The monoisotopic (exact) mass is 423 g/mol. The lowest BCUT2D eigenvalue weighted by atomic mass is 9.98. The van der Waals surface area contributed by atoms with Gasteiger partial charge in [-0.15, -0.1) is 0 Å². The molecule has 0 amide bonds. The maximum absolute atomic E-state index is 14.2. The highest BCUT2D eigenvalue weighted by Crippen LogP contribution is 2.35. The molecule has 0 fully saturated rings. The summed E-state index contributed by atoms with van der Waals surface area (Å²) in [5, 5.41) is 3.42. The van der Waals surface area contributed by atoms with Crippen molar-refractivity contribution in [3.05, 3.63) is 67.1 Å². The van der Waals surface area contributed by atoms with Crippen LogP contribution in [0.4, 0.5) is 8.78 Å². The first-order chi connectivity index (χ1) is 9.45. The van der Waals surface area contributed by atoms with Crippen molar-refractivity contribution in [2.45, 2.75) is 6.04 Å². The van der Waals surface area contributed by atoms with Crippen LogP contribution in [0.5, 0.6) is 0 Å². The Bertz CT molecular complexity index is 649. The molecule has 1 unspecified atom stereocenters. The van der Waals surface area contributed by atoms with Gasteiger partial charge < -0.3 is 5.32 Å². The fourth-order valence-corrected chi connectivity index (χ4v) is 3.00. The molecule has 20 heavy (non-hydrogen) atoms. The van der Waals surface area contributed by atoms with Gasteiger partial charge in [-0.05, 0) is 58.9 Å². The van der Waals surface area contributed by atoms with E-state index in [1.54, 1.807) is 25.2 Å². The van der Waals surface area contributed by atoms with Crippen LogP contribution in [0.3, 0.4) is 0 Å². The molecule has 0 radical (unpaired) electrons. The van der Waals surface area contributed by atoms with E-state index >= 15 is 0 Å². The fraction of sp³-hybridized carbons (Fsp3) is 0.143. The number of hydrogen-bond acceptors (Lipinski definition) is 1. The second kappa shape index (κ2) is 6.52. The summed E-state index contributed by atoms with van der Waals surface area (Å²) in [5.74, 6) is -1.24. The number of benzene rings is 2. The molecule has 0 bridgehead atoms. The van der Waals surface area contributed by atoms with Crippen molar-refractivity contribution in [3.63, 3.8) is 0 Å². The van der Waals surface area contributed by atoms with Crippen LogP contribution in [0.2, 0.25) is 5.02 Å². The predicted molar refractivity (Wildman–Crippen MR) is 84.1 cm³/mol. The highest BCUT2D eigenvalue weighted by atomic mass is 79.9. The van der Waals surface area contributed by atoms with Gasteiger partial charge >= 0.3 is 0 Å². The van der Waals surface area contributed by atoms with Gasteiger partial charge in [-0.25, -0.2) is 8.78 Å². The molecule has 106 valence electrons. The summed E-state index contributed by atoms with van der Waals surface area (Å²) in [6, 6.07) is 7.04. The minimum absolute atomic E-state index is 0.0511. The van der Waals surface area contributed by atoms with Crippen molar-refractivity contribution >= 4 is 43.5 Å². The maximum Gasteiger partial charge on any atom is 0.145 e. The number of halogens is 5. The Morgan fingerprint density at radius 3 is 2.40 bits per heavy atom. The zero-order valence-electron chi connectivity index (χ0n) is 10.4. The van der Waals surface area contributed by atoms with Crippen molar-refractivity contribution in [2.24, 2.45) is 0 Å². The number of rotatable bonds is 3. The van der Waals surface area contributed by atoms with Crippen LogP contribution in [-0.4, -0.2) is 7.05 Å². The molecule has 0 spiro atoms. The summed E-state index contributed by atoms with van der Waals surface area (Å²) in [4.78, 5) is 0. The van der Waals surface area contributed by atoms with Gasteiger partial charge in [0.15, 0.2) is 0 Å². The Morgan fingerprint density at radius 2 is 1.75 bits per heavy atom. The molecule has 0 aromatic heterocycles. The van der Waals surface area contributed by atoms with Gasteiger partial charge in [-0.3, -0.25) is 0 Å². The average molecular weight is 425 g/mol. The van der Waals surface area contributed by atoms with E-state index in [0.717, 1.165) is 4.47 Å². The summed E-state index contributed by atoms with van der Waals surface area (Å²) in [6.07, 6.45) is 0. The molecule has 0 aliphatic carbocycles. The van der Waals surface area contributed by atoms with Gasteiger partial charge in [0, 0.05) is 15.1 Å². The van der Waals surface area contributed by atoms with Gasteiger partial charge in [-0.2, -0.15) is 0 Å². The number of nitrogens with one attached hydrogen (secondary N) is 1. The Hall–Kier alpha value is -0.490. The van der Waals surface area contributed by atoms with Crippen LogP contribution < -0.4 is 5.32 Å². The second-order valence-electron chi connectivity index (χ2n) is 4.14. The highest BCUT2D eigenvalue weighted by Gasteiger charge is 2.24. The first kappa shape index (κ1) is 15.9. The standard InChI is InChI=1S/C14H10Br2ClF2N/c1-20-14(8-6-7(17)2-3-9(8)15)12-11(18)5-4-10(16)13(12)19/h2-6,14,20H,1H3. The Kier molecular flexibility index (Phi) is 5.18. The molecule has 0 aliphatic rings. The Morgan fingerprint density at radius 1 is 1.10 bits per heavy atom. The molecule has 0 aliphatic heterocycles.